The van der Waals surface area contributed by atoms with E-state index in [-0.39, 0.29) is 33.2 Å². The highest BCUT2D eigenvalue weighted by Gasteiger charge is 2.26. The molecule has 3 aliphatic heterocycles. The summed E-state index contributed by atoms with van der Waals surface area (Å²) in [6.07, 6.45) is 17.4. The van der Waals surface area contributed by atoms with Crippen molar-refractivity contribution in [1.82, 2.24) is 0 Å². The molecule has 3 aliphatic rings. The van der Waals surface area contributed by atoms with Crippen LogP contribution in [0.2, 0.25) is 0 Å². The van der Waals surface area contributed by atoms with E-state index in [9.17, 15) is 0 Å². The van der Waals surface area contributed by atoms with E-state index in [0.717, 1.165) is 57.8 Å². The molecule has 0 amide bonds. The Morgan fingerprint density at radius 3 is 1.62 bits per heavy atom. The van der Waals surface area contributed by atoms with Crippen molar-refractivity contribution in [1.29, 1.82) is 0 Å². The standard InChI is InChI=1S/C44H52O7.4C2H6.2CH4/c1-11-30(7)36(20-33(10)46-24-40-26-48-40)21-37(12-2)51-38(13-3)22-42(29(5)6)44(43(14-4)50-28-41-27-49-41)35-18-17-34(31(8)19-35)16-15-32(9)45-23-39-25-47-39;4*1-2;;/h11-22,39-41H,2,4-5,9-10,23-28H2,1,3,6-8H3;4*1-2H3;2*1H4/b16-15-,30-11-,36-20-,37-21+,38-13+,42-22+,44-43+;;;;;;. The third-order valence-corrected chi connectivity index (χ3v) is 8.22. The molecule has 7 heteroatoms. The third-order valence-electron chi connectivity index (χ3n) is 8.22. The number of hydrogen-bond acceptors (Lipinski definition) is 7. The van der Waals surface area contributed by atoms with Crippen LogP contribution in [0.1, 0.15) is 115 Å². The highest BCUT2D eigenvalue weighted by Crippen LogP contribution is 2.35. The summed E-state index contributed by atoms with van der Waals surface area (Å²) < 4.78 is 40.2. The fourth-order valence-electron chi connectivity index (χ4n) is 4.78. The van der Waals surface area contributed by atoms with Gasteiger partial charge >= 0.3 is 0 Å². The molecule has 3 unspecified atom stereocenters. The van der Waals surface area contributed by atoms with Crippen LogP contribution < -0.4 is 0 Å². The van der Waals surface area contributed by atoms with Crippen LogP contribution in [0.4, 0.5) is 0 Å². The smallest absolute Gasteiger partial charge is 0.127 e. The quantitative estimate of drug-likeness (QED) is 0.0654. The zero-order valence-corrected chi connectivity index (χ0v) is 38.8. The second-order valence-electron chi connectivity index (χ2n) is 12.5. The summed E-state index contributed by atoms with van der Waals surface area (Å²) >= 11 is 0. The van der Waals surface area contributed by atoms with E-state index >= 15 is 0 Å². The zero-order valence-electron chi connectivity index (χ0n) is 38.8. The number of rotatable bonds is 22. The number of ether oxygens (including phenoxy) is 7. The van der Waals surface area contributed by atoms with Crippen molar-refractivity contribution in [2.45, 2.75) is 123 Å². The molecule has 0 aliphatic carbocycles. The van der Waals surface area contributed by atoms with Crippen LogP contribution in [0.5, 0.6) is 0 Å². The van der Waals surface area contributed by atoms with E-state index in [1.807, 2.05) is 126 Å². The second-order valence-corrected chi connectivity index (χ2v) is 12.5. The lowest BCUT2D eigenvalue weighted by Crippen LogP contribution is -2.05. The van der Waals surface area contributed by atoms with Crippen molar-refractivity contribution in [2.75, 3.05) is 39.6 Å². The minimum atomic E-state index is 0. The van der Waals surface area contributed by atoms with Crippen LogP contribution in [-0.4, -0.2) is 58.0 Å². The van der Waals surface area contributed by atoms with Gasteiger partial charge in [0.05, 0.1) is 19.8 Å². The fraction of sp³-hybridized carbons (Fsp3) is 0.444. The van der Waals surface area contributed by atoms with Crippen LogP contribution in [0, 0.1) is 6.92 Å². The van der Waals surface area contributed by atoms with E-state index in [4.69, 9.17) is 33.2 Å². The molecule has 0 bridgehead atoms. The summed E-state index contributed by atoms with van der Waals surface area (Å²) in [6.45, 7) is 50.1. The lowest BCUT2D eigenvalue weighted by Gasteiger charge is -2.20. The first-order chi connectivity index (χ1) is 28.5. The summed E-state index contributed by atoms with van der Waals surface area (Å²) in [7, 11) is 0. The van der Waals surface area contributed by atoms with Gasteiger partial charge in [-0.1, -0.05) is 139 Å². The molecule has 3 atom stereocenters. The van der Waals surface area contributed by atoms with E-state index in [1.54, 1.807) is 12.2 Å². The maximum atomic E-state index is 6.47. The summed E-state index contributed by atoms with van der Waals surface area (Å²) in [5.74, 6) is 2.88. The van der Waals surface area contributed by atoms with Crippen molar-refractivity contribution in [3.05, 3.63) is 167 Å². The zero-order chi connectivity index (χ0) is 44.9. The molecule has 61 heavy (non-hydrogen) atoms. The first-order valence-electron chi connectivity index (χ1n) is 21.2. The molecule has 4 rings (SSSR count). The molecule has 1 aromatic rings. The number of hydrogen-bond donors (Lipinski definition) is 0. The number of allylic oxidation sites excluding steroid dienone is 13. The Hall–Kier alpha value is -4.82. The van der Waals surface area contributed by atoms with Gasteiger partial charge in [0.1, 0.15) is 66.9 Å². The van der Waals surface area contributed by atoms with Crippen molar-refractivity contribution < 1.29 is 33.2 Å². The lowest BCUT2D eigenvalue weighted by atomic mass is 9.89. The molecule has 1 aromatic carbocycles. The molecule has 3 heterocycles. The van der Waals surface area contributed by atoms with E-state index in [1.165, 1.54) is 0 Å². The van der Waals surface area contributed by atoms with Crippen molar-refractivity contribution in [2.24, 2.45) is 0 Å². The Balaban J connectivity index is -0.00000317. The van der Waals surface area contributed by atoms with Crippen LogP contribution in [0.15, 0.2) is 151 Å². The summed E-state index contributed by atoms with van der Waals surface area (Å²) in [5, 5.41) is 0. The Bertz CT molecular complexity index is 1710. The molecule has 0 aromatic heterocycles. The van der Waals surface area contributed by atoms with Gasteiger partial charge < -0.3 is 33.2 Å². The van der Waals surface area contributed by atoms with Gasteiger partial charge in [-0.2, -0.15) is 0 Å². The Kier molecular flexibility index (Phi) is 34.6. The first-order valence-corrected chi connectivity index (χ1v) is 21.2. The van der Waals surface area contributed by atoms with Gasteiger partial charge in [0.25, 0.3) is 0 Å². The molecule has 0 N–H and O–H groups in total. The van der Waals surface area contributed by atoms with Crippen LogP contribution in [0.3, 0.4) is 0 Å². The normalized spacial score (nSPS) is 18.0. The van der Waals surface area contributed by atoms with Gasteiger partial charge in [-0.05, 0) is 111 Å². The Morgan fingerprint density at radius 2 is 1.20 bits per heavy atom. The molecular weight excluding hydrogens is 761 g/mol. The molecule has 3 fully saturated rings. The summed E-state index contributed by atoms with van der Waals surface area (Å²) in [6, 6.07) is 6.26. The monoisotopic (exact) mass is 845 g/mol. The van der Waals surface area contributed by atoms with E-state index < -0.39 is 0 Å². The maximum absolute atomic E-state index is 6.47. The van der Waals surface area contributed by atoms with Crippen LogP contribution in [0.25, 0.3) is 11.6 Å². The number of epoxide rings is 3. The van der Waals surface area contributed by atoms with Gasteiger partial charge in [0, 0.05) is 5.57 Å². The fourth-order valence-corrected chi connectivity index (χ4v) is 4.78. The summed E-state index contributed by atoms with van der Waals surface area (Å²) in [4.78, 5) is 0. The largest absolute Gasteiger partial charge is 0.491 e. The highest BCUT2D eigenvalue weighted by molar-refractivity contribution is 5.87. The van der Waals surface area contributed by atoms with Crippen LogP contribution in [-0.2, 0) is 33.2 Å². The molecule has 0 radical (unpaired) electrons. The highest BCUT2D eigenvalue weighted by atomic mass is 16.6. The van der Waals surface area contributed by atoms with Gasteiger partial charge in [-0.15, -0.1) is 0 Å². The Morgan fingerprint density at radius 1 is 0.689 bits per heavy atom. The SMILES string of the molecule is C.C.C=C\C(=C/C(=C/C(=C)OCC1CO1)C(/C)=C\C)OC(=C/C)/C=C(C(=C)C)/C(=C(\C=C)OCC1CO1)c1ccc(/C=C\C(=C)OCC2CO2)c(C)c1.CC.CC.CC.CC. The summed E-state index contributed by atoms with van der Waals surface area (Å²) in [5.41, 5.74) is 7.42. The maximum Gasteiger partial charge on any atom is 0.127 e. The van der Waals surface area contributed by atoms with Crippen molar-refractivity contribution in [3.8, 4) is 0 Å². The van der Waals surface area contributed by atoms with Crippen molar-refractivity contribution >= 4 is 11.6 Å². The predicted molar refractivity (Wildman–Crippen MR) is 265 cm³/mol. The average Bonchev–Trinajstić information content (AvgIpc) is 4.11. The first kappa shape index (κ1) is 60.5. The molecule has 0 saturated carbocycles. The average molecular weight is 845 g/mol. The Labute approximate surface area is 373 Å². The van der Waals surface area contributed by atoms with Gasteiger partial charge in [0.15, 0.2) is 0 Å². The molecule has 0 spiro atoms. The predicted octanol–water partition coefficient (Wildman–Crippen LogP) is 14.9. The second kappa shape index (κ2) is 34.8. The number of benzene rings is 1. The van der Waals surface area contributed by atoms with Gasteiger partial charge in [-0.3, -0.25) is 0 Å². The van der Waals surface area contributed by atoms with E-state index in [2.05, 4.69) is 58.0 Å². The minimum Gasteiger partial charge on any atom is -0.491 e. The van der Waals surface area contributed by atoms with Gasteiger partial charge in [-0.25, -0.2) is 0 Å². The molecular formula is C54H84O7. The minimum absolute atomic E-state index is 0. The molecule has 7 nitrogen and oxygen atoms in total. The molecule has 3 saturated heterocycles. The van der Waals surface area contributed by atoms with E-state index in [0.29, 0.717) is 55.2 Å². The van der Waals surface area contributed by atoms with Crippen molar-refractivity contribution in [3.63, 3.8) is 0 Å². The van der Waals surface area contributed by atoms with Crippen LogP contribution >= 0.6 is 0 Å². The molecule has 342 valence electrons. The topological polar surface area (TPSA) is 74.5 Å². The third kappa shape index (κ3) is 23.7. The van der Waals surface area contributed by atoms with Gasteiger partial charge in [0.2, 0.25) is 0 Å². The number of aryl methyl sites for hydroxylation is 1. The lowest BCUT2D eigenvalue weighted by molar-refractivity contribution is 0.194.